The number of halogens is 2. The molecule has 0 saturated carbocycles. The Hall–Kier alpha value is -2.10. The normalized spacial score (nSPS) is 18.3. The maximum Gasteiger partial charge on any atom is 0.326 e. The number of aromatic nitrogens is 3. The van der Waals surface area contributed by atoms with E-state index in [4.69, 9.17) is 0 Å². The number of carboxylic acids is 1. The summed E-state index contributed by atoms with van der Waals surface area (Å²) < 4.78 is 27.0. The second-order valence-electron chi connectivity index (χ2n) is 5.16. The lowest BCUT2D eigenvalue weighted by atomic mass is 10.2. The van der Waals surface area contributed by atoms with E-state index in [-0.39, 0.29) is 16.9 Å². The van der Waals surface area contributed by atoms with E-state index >= 15 is 0 Å². The van der Waals surface area contributed by atoms with Gasteiger partial charge in [-0.1, -0.05) is 11.3 Å². The zero-order valence-electron chi connectivity index (χ0n) is 12.2. The highest BCUT2D eigenvalue weighted by molar-refractivity contribution is 7.21. The number of alkyl halides is 2. The molecule has 3 rings (SSSR count). The average Bonchev–Trinajstić information content (AvgIpc) is 3.13. The Kier molecular flexibility index (Phi) is 4.00. The summed E-state index contributed by atoms with van der Waals surface area (Å²) in [7, 11) is 0. The molecule has 0 unspecified atom stereocenters. The van der Waals surface area contributed by atoms with Crippen LogP contribution in [0.3, 0.4) is 0 Å². The molecule has 1 saturated heterocycles. The molecule has 2 aromatic rings. The van der Waals surface area contributed by atoms with Gasteiger partial charge in [0.1, 0.15) is 6.04 Å². The quantitative estimate of drug-likeness (QED) is 0.911. The number of rotatable bonds is 4. The second-order valence-corrected chi connectivity index (χ2v) is 6.12. The van der Waals surface area contributed by atoms with Crippen LogP contribution in [0, 0.1) is 0 Å². The molecular formula is C13H14F2N4O3S. The van der Waals surface area contributed by atoms with Crippen molar-refractivity contribution < 1.29 is 18.7 Å². The first-order valence-electron chi connectivity index (χ1n) is 7.13. The number of nitrogens with zero attached hydrogens (tertiary/aromatic N) is 4. The van der Waals surface area contributed by atoms with Gasteiger partial charge in [0.2, 0.25) is 0 Å². The zero-order chi connectivity index (χ0) is 16.7. The van der Waals surface area contributed by atoms with Crippen LogP contribution < -0.4 is 10.5 Å². The fourth-order valence-electron chi connectivity index (χ4n) is 2.76. The molecule has 1 aliphatic heterocycles. The van der Waals surface area contributed by atoms with Crippen molar-refractivity contribution in [1.82, 2.24) is 14.5 Å². The summed E-state index contributed by atoms with van der Waals surface area (Å²) in [5, 5.41) is 9.56. The summed E-state index contributed by atoms with van der Waals surface area (Å²) >= 11 is 0.974. The van der Waals surface area contributed by atoms with E-state index in [0.717, 1.165) is 15.9 Å². The number of fused-ring (bicyclic) bond motifs is 1. The summed E-state index contributed by atoms with van der Waals surface area (Å²) in [5.41, 5.74) is -0.617. The van der Waals surface area contributed by atoms with E-state index in [0.29, 0.717) is 24.5 Å². The lowest BCUT2D eigenvalue weighted by molar-refractivity contribution is -0.138. The van der Waals surface area contributed by atoms with Crippen molar-refractivity contribution in [3.8, 4) is 0 Å². The predicted octanol–water partition coefficient (Wildman–Crippen LogP) is 1.86. The number of carboxylic acid groups (broad SMARTS) is 1. The highest BCUT2D eigenvalue weighted by Gasteiger charge is 2.33. The third-order valence-electron chi connectivity index (χ3n) is 3.83. The highest BCUT2D eigenvalue weighted by Crippen LogP contribution is 2.32. The Balaban J connectivity index is 2.14. The molecule has 0 bridgehead atoms. The van der Waals surface area contributed by atoms with Crippen LogP contribution >= 0.6 is 11.3 Å². The summed E-state index contributed by atoms with van der Waals surface area (Å²) in [6.07, 6.45) is -1.68. The van der Waals surface area contributed by atoms with Crippen LogP contribution in [0.1, 0.15) is 32.0 Å². The third kappa shape index (κ3) is 2.56. The number of hydrogen-bond donors (Lipinski definition) is 1. The van der Waals surface area contributed by atoms with Gasteiger partial charge in [0.25, 0.3) is 12.0 Å². The van der Waals surface area contributed by atoms with Crippen molar-refractivity contribution in [3.05, 3.63) is 16.2 Å². The van der Waals surface area contributed by atoms with Gasteiger partial charge in [0.05, 0.1) is 0 Å². The molecule has 2 aromatic heterocycles. The van der Waals surface area contributed by atoms with E-state index in [2.05, 4.69) is 9.97 Å². The van der Waals surface area contributed by atoms with Crippen molar-refractivity contribution in [2.45, 2.75) is 38.8 Å². The van der Waals surface area contributed by atoms with Crippen molar-refractivity contribution >= 4 is 32.8 Å². The maximum absolute atomic E-state index is 13.1. The molecule has 0 amide bonds. The monoisotopic (exact) mass is 344 g/mol. The molecule has 124 valence electrons. The number of hydrogen-bond acceptors (Lipinski definition) is 6. The van der Waals surface area contributed by atoms with Crippen LogP contribution in [-0.4, -0.2) is 38.2 Å². The van der Waals surface area contributed by atoms with Crippen LogP contribution in [0.2, 0.25) is 0 Å². The molecule has 10 heteroatoms. The van der Waals surface area contributed by atoms with Gasteiger partial charge in [-0.25, -0.2) is 23.5 Å². The molecule has 23 heavy (non-hydrogen) atoms. The average molecular weight is 344 g/mol. The highest BCUT2D eigenvalue weighted by atomic mass is 32.1. The van der Waals surface area contributed by atoms with Crippen molar-refractivity contribution in [2.24, 2.45) is 0 Å². The van der Waals surface area contributed by atoms with E-state index in [1.165, 1.54) is 0 Å². The van der Waals surface area contributed by atoms with Crippen molar-refractivity contribution in [1.29, 1.82) is 0 Å². The molecule has 0 radical (unpaired) electrons. The molecule has 1 aliphatic rings. The maximum atomic E-state index is 13.1. The summed E-state index contributed by atoms with van der Waals surface area (Å²) in [5.74, 6) is -1.55. The van der Waals surface area contributed by atoms with Crippen molar-refractivity contribution in [3.63, 3.8) is 0 Å². The molecule has 7 nitrogen and oxygen atoms in total. The van der Waals surface area contributed by atoms with Crippen LogP contribution in [0.5, 0.6) is 0 Å². The largest absolute Gasteiger partial charge is 0.480 e. The molecule has 1 atom stereocenters. The fourth-order valence-corrected chi connectivity index (χ4v) is 3.77. The predicted molar refractivity (Wildman–Crippen MR) is 80.3 cm³/mol. The minimum Gasteiger partial charge on any atom is -0.480 e. The standard InChI is InChI=1S/C13H14F2N4O3S/c1-2-18-9(8(14)15)17-10-7(11(18)20)16-13(23-10)19-5-3-4-6(19)12(21)22/h6,8H,2-5H2,1H3,(H,21,22)/t6-/m1/s1. The molecule has 3 heterocycles. The first kappa shape index (κ1) is 15.8. The molecular weight excluding hydrogens is 330 g/mol. The molecule has 1 fully saturated rings. The van der Waals surface area contributed by atoms with E-state index in [1.54, 1.807) is 11.8 Å². The SMILES string of the molecule is CCn1c(C(F)F)nc2sc(N3CCC[C@@H]3C(=O)O)nc2c1=O. The molecule has 0 aliphatic carbocycles. The summed E-state index contributed by atoms with van der Waals surface area (Å²) in [6.45, 7) is 2.14. The van der Waals surface area contributed by atoms with Crippen LogP contribution in [0.4, 0.5) is 13.9 Å². The molecule has 0 aromatic carbocycles. The van der Waals surface area contributed by atoms with Gasteiger partial charge < -0.3 is 10.0 Å². The van der Waals surface area contributed by atoms with Crippen LogP contribution in [-0.2, 0) is 11.3 Å². The molecule has 1 N–H and O–H groups in total. The van der Waals surface area contributed by atoms with Gasteiger partial charge in [-0.2, -0.15) is 0 Å². The first-order valence-corrected chi connectivity index (χ1v) is 7.94. The van der Waals surface area contributed by atoms with E-state index in [1.807, 2.05) is 0 Å². The second kappa shape index (κ2) is 5.84. The number of anilines is 1. The Morgan fingerprint density at radius 3 is 2.83 bits per heavy atom. The minimum atomic E-state index is -2.86. The summed E-state index contributed by atoms with van der Waals surface area (Å²) in [4.78, 5) is 33.3. The van der Waals surface area contributed by atoms with Gasteiger partial charge in [-0.05, 0) is 19.8 Å². The smallest absolute Gasteiger partial charge is 0.326 e. The van der Waals surface area contributed by atoms with Gasteiger partial charge in [-0.15, -0.1) is 0 Å². The van der Waals surface area contributed by atoms with Crippen molar-refractivity contribution in [2.75, 3.05) is 11.4 Å². The minimum absolute atomic E-state index is 0.00675. The zero-order valence-corrected chi connectivity index (χ0v) is 13.0. The van der Waals surface area contributed by atoms with Gasteiger partial charge in [-0.3, -0.25) is 9.36 Å². The fraction of sp³-hybridized carbons (Fsp3) is 0.538. The Morgan fingerprint density at radius 2 is 2.22 bits per heavy atom. The van der Waals surface area contributed by atoms with Gasteiger partial charge in [0, 0.05) is 13.1 Å². The van der Waals surface area contributed by atoms with Gasteiger partial charge >= 0.3 is 5.97 Å². The van der Waals surface area contributed by atoms with E-state index < -0.39 is 29.8 Å². The lowest BCUT2D eigenvalue weighted by Gasteiger charge is -2.19. The van der Waals surface area contributed by atoms with Crippen LogP contribution in [0.15, 0.2) is 4.79 Å². The molecule has 0 spiro atoms. The Labute approximate surface area is 133 Å². The van der Waals surface area contributed by atoms with Gasteiger partial charge in [0.15, 0.2) is 21.3 Å². The first-order chi connectivity index (χ1) is 10.9. The number of carbonyl (C=O) groups is 1. The number of thiazole rings is 1. The summed E-state index contributed by atoms with van der Waals surface area (Å²) in [6, 6.07) is -0.710. The van der Waals surface area contributed by atoms with E-state index in [9.17, 15) is 23.5 Å². The topological polar surface area (TPSA) is 88.3 Å². The lowest BCUT2D eigenvalue weighted by Crippen LogP contribution is -2.35. The number of aliphatic carboxylic acids is 1. The third-order valence-corrected chi connectivity index (χ3v) is 4.82. The Morgan fingerprint density at radius 1 is 1.48 bits per heavy atom. The Bertz CT molecular complexity index is 819. The van der Waals surface area contributed by atoms with Crippen LogP contribution in [0.25, 0.3) is 10.3 Å².